The third kappa shape index (κ3) is 2.19. The second-order valence-corrected chi connectivity index (χ2v) is 3.41. The summed E-state index contributed by atoms with van der Waals surface area (Å²) in [7, 11) is 0. The van der Waals surface area contributed by atoms with Gasteiger partial charge < -0.3 is 11.1 Å². The summed E-state index contributed by atoms with van der Waals surface area (Å²) in [5, 5.41) is 7.92. The summed E-state index contributed by atoms with van der Waals surface area (Å²) in [6, 6.07) is 1.89. The van der Waals surface area contributed by atoms with Crippen molar-refractivity contribution in [2.45, 2.75) is 6.54 Å². The molecule has 0 aromatic carbocycles. The van der Waals surface area contributed by atoms with E-state index >= 15 is 0 Å². The topological polar surface area (TPSA) is 81.6 Å². The molecule has 14 heavy (non-hydrogen) atoms. The van der Waals surface area contributed by atoms with Crippen molar-refractivity contribution < 1.29 is 0 Å². The van der Waals surface area contributed by atoms with Gasteiger partial charge in [-0.05, 0) is 6.07 Å². The minimum Gasteiger partial charge on any atom is -0.367 e. The molecule has 0 fully saturated rings. The van der Waals surface area contributed by atoms with Gasteiger partial charge in [0.25, 0.3) is 0 Å². The summed E-state index contributed by atoms with van der Waals surface area (Å²) in [6.07, 6.45) is 3.67. The molecule has 74 valence electrons. The maximum atomic E-state index is 5.38. The van der Waals surface area contributed by atoms with E-state index in [9.17, 15) is 0 Å². The van der Waals surface area contributed by atoms with Crippen LogP contribution in [-0.2, 0) is 6.54 Å². The van der Waals surface area contributed by atoms with Crippen LogP contribution in [0.15, 0.2) is 18.5 Å². The molecule has 7 heteroatoms. The Hall–Kier alpha value is -1.63. The molecule has 3 N–H and O–H groups in total. The van der Waals surface area contributed by atoms with E-state index in [4.69, 9.17) is 5.73 Å². The van der Waals surface area contributed by atoms with Gasteiger partial charge in [-0.25, -0.2) is 0 Å². The van der Waals surface area contributed by atoms with E-state index in [0.717, 1.165) is 18.2 Å². The molecule has 2 heterocycles. The highest BCUT2D eigenvalue weighted by Crippen LogP contribution is 2.10. The van der Waals surface area contributed by atoms with Gasteiger partial charge in [-0.2, -0.15) is 14.5 Å². The first kappa shape index (κ1) is 8.95. The zero-order chi connectivity index (χ0) is 9.80. The Morgan fingerprint density at radius 3 is 3.14 bits per heavy atom. The quantitative estimate of drug-likeness (QED) is 0.764. The molecular weight excluding hydrogens is 200 g/mol. The summed E-state index contributed by atoms with van der Waals surface area (Å²) >= 11 is 1.26. The van der Waals surface area contributed by atoms with E-state index in [2.05, 4.69) is 19.8 Å². The van der Waals surface area contributed by atoms with Gasteiger partial charge in [-0.15, -0.1) is 0 Å². The van der Waals surface area contributed by atoms with Crippen molar-refractivity contribution >= 4 is 22.6 Å². The maximum Gasteiger partial charge on any atom is 0.233 e. The Kier molecular flexibility index (Phi) is 2.59. The van der Waals surface area contributed by atoms with Crippen LogP contribution < -0.4 is 11.1 Å². The van der Waals surface area contributed by atoms with Crippen LogP contribution in [0.2, 0.25) is 0 Å². The van der Waals surface area contributed by atoms with Crippen molar-refractivity contribution in [3.8, 4) is 0 Å². The molecule has 0 bridgehead atoms. The standard InChI is InChI=1S/C7H10N6S/c8-6-11-7(14-12-6)9-3-5-13-4-1-2-10-13/h1-2,4H,3,5H2,(H3,8,9,11,12). The molecule has 6 nitrogen and oxygen atoms in total. The zero-order valence-electron chi connectivity index (χ0n) is 7.42. The van der Waals surface area contributed by atoms with Gasteiger partial charge in [0.15, 0.2) is 0 Å². The Morgan fingerprint density at radius 2 is 2.50 bits per heavy atom. The van der Waals surface area contributed by atoms with Gasteiger partial charge in [0, 0.05) is 30.5 Å². The fraction of sp³-hybridized carbons (Fsp3) is 0.286. The number of hydrogen-bond acceptors (Lipinski definition) is 6. The number of rotatable bonds is 4. The Morgan fingerprint density at radius 1 is 1.57 bits per heavy atom. The zero-order valence-corrected chi connectivity index (χ0v) is 8.24. The molecule has 0 spiro atoms. The molecule has 2 aromatic heterocycles. The second kappa shape index (κ2) is 4.05. The van der Waals surface area contributed by atoms with Gasteiger partial charge >= 0.3 is 0 Å². The second-order valence-electron chi connectivity index (χ2n) is 2.65. The first-order valence-electron chi connectivity index (χ1n) is 4.15. The SMILES string of the molecule is Nc1nsc(NCCn2cccn2)n1. The van der Waals surface area contributed by atoms with Gasteiger partial charge in [-0.3, -0.25) is 4.68 Å². The van der Waals surface area contributed by atoms with Crippen molar-refractivity contribution in [3.63, 3.8) is 0 Å². The van der Waals surface area contributed by atoms with Crippen molar-refractivity contribution in [2.24, 2.45) is 0 Å². The lowest BCUT2D eigenvalue weighted by Crippen LogP contribution is -2.10. The predicted molar refractivity (Wildman–Crippen MR) is 55.0 cm³/mol. The summed E-state index contributed by atoms with van der Waals surface area (Å²) in [5.41, 5.74) is 5.38. The number of nitrogen functional groups attached to an aromatic ring is 1. The highest BCUT2D eigenvalue weighted by molar-refractivity contribution is 7.09. The largest absolute Gasteiger partial charge is 0.367 e. The van der Waals surface area contributed by atoms with Crippen molar-refractivity contribution in [1.82, 2.24) is 19.1 Å². The molecular formula is C7H10N6S. The summed E-state index contributed by atoms with van der Waals surface area (Å²) in [4.78, 5) is 3.97. The third-order valence-electron chi connectivity index (χ3n) is 1.62. The molecule has 0 aliphatic carbocycles. The lowest BCUT2D eigenvalue weighted by molar-refractivity contribution is 0.638. The van der Waals surface area contributed by atoms with Crippen LogP contribution in [0.4, 0.5) is 11.1 Å². The van der Waals surface area contributed by atoms with Crippen LogP contribution in [0.5, 0.6) is 0 Å². The first-order valence-corrected chi connectivity index (χ1v) is 4.92. The van der Waals surface area contributed by atoms with E-state index in [1.54, 1.807) is 6.20 Å². The summed E-state index contributed by atoms with van der Waals surface area (Å²) in [5.74, 6) is 0.316. The Labute approximate surface area is 84.9 Å². The maximum absolute atomic E-state index is 5.38. The van der Waals surface area contributed by atoms with Crippen molar-refractivity contribution in [2.75, 3.05) is 17.6 Å². The average molecular weight is 210 g/mol. The molecule has 0 saturated carbocycles. The van der Waals surface area contributed by atoms with Crippen LogP contribution in [-0.4, -0.2) is 25.7 Å². The lowest BCUT2D eigenvalue weighted by atomic mass is 10.6. The van der Waals surface area contributed by atoms with Crippen LogP contribution >= 0.6 is 11.5 Å². The first-order chi connectivity index (χ1) is 6.84. The normalized spacial score (nSPS) is 10.3. The van der Waals surface area contributed by atoms with Crippen molar-refractivity contribution in [3.05, 3.63) is 18.5 Å². The van der Waals surface area contributed by atoms with E-state index in [-0.39, 0.29) is 0 Å². The molecule has 0 aliphatic rings. The van der Waals surface area contributed by atoms with Crippen LogP contribution in [0.25, 0.3) is 0 Å². The lowest BCUT2D eigenvalue weighted by Gasteiger charge is -2.01. The van der Waals surface area contributed by atoms with Crippen LogP contribution in [0.1, 0.15) is 0 Å². The van der Waals surface area contributed by atoms with Crippen LogP contribution in [0, 0.1) is 0 Å². The molecule has 2 aromatic rings. The van der Waals surface area contributed by atoms with Gasteiger partial charge in [-0.1, -0.05) is 0 Å². The number of nitrogens with two attached hydrogens (primary N) is 1. The molecule has 0 unspecified atom stereocenters. The monoisotopic (exact) mass is 210 g/mol. The minimum atomic E-state index is 0.316. The van der Waals surface area contributed by atoms with Gasteiger partial charge in [0.2, 0.25) is 11.1 Å². The highest BCUT2D eigenvalue weighted by Gasteiger charge is 1.98. The molecule has 2 rings (SSSR count). The number of hydrogen-bond donors (Lipinski definition) is 2. The Bertz CT molecular complexity index is 381. The number of aromatic nitrogens is 4. The third-order valence-corrected chi connectivity index (χ3v) is 2.30. The molecule has 0 atom stereocenters. The molecule has 0 aliphatic heterocycles. The minimum absolute atomic E-state index is 0.316. The summed E-state index contributed by atoms with van der Waals surface area (Å²) in [6.45, 7) is 1.56. The average Bonchev–Trinajstić information content (AvgIpc) is 2.77. The van der Waals surface area contributed by atoms with E-state index in [1.165, 1.54) is 11.5 Å². The van der Waals surface area contributed by atoms with E-state index in [1.807, 2.05) is 16.9 Å². The summed E-state index contributed by atoms with van der Waals surface area (Å²) < 4.78 is 5.70. The molecule has 0 radical (unpaired) electrons. The van der Waals surface area contributed by atoms with Crippen LogP contribution in [0.3, 0.4) is 0 Å². The van der Waals surface area contributed by atoms with Gasteiger partial charge in [0.05, 0.1) is 6.54 Å². The van der Waals surface area contributed by atoms with Crippen molar-refractivity contribution in [1.29, 1.82) is 0 Å². The van der Waals surface area contributed by atoms with Gasteiger partial charge in [0.1, 0.15) is 0 Å². The van der Waals surface area contributed by atoms with E-state index < -0.39 is 0 Å². The number of nitrogens with one attached hydrogen (secondary N) is 1. The number of nitrogens with zero attached hydrogens (tertiary/aromatic N) is 4. The predicted octanol–water partition coefficient (Wildman–Crippen LogP) is 0.429. The number of anilines is 2. The smallest absolute Gasteiger partial charge is 0.233 e. The Balaban J connectivity index is 1.78. The fourth-order valence-corrected chi connectivity index (χ4v) is 1.54. The van der Waals surface area contributed by atoms with E-state index in [0.29, 0.717) is 5.95 Å². The highest BCUT2D eigenvalue weighted by atomic mass is 32.1. The fourth-order valence-electron chi connectivity index (χ4n) is 1.02. The molecule has 0 saturated heterocycles. The molecule has 0 amide bonds.